The number of amides is 1. The number of carbonyl (C=O) groups is 1. The van der Waals surface area contributed by atoms with Crippen molar-refractivity contribution >= 4 is 21.1 Å². The molecule has 1 amide bonds. The highest BCUT2D eigenvalue weighted by molar-refractivity contribution is 7.09. The van der Waals surface area contributed by atoms with E-state index in [2.05, 4.69) is 61.9 Å². The summed E-state index contributed by atoms with van der Waals surface area (Å²) in [4.78, 5) is 19.5. The fourth-order valence-corrected chi connectivity index (χ4v) is 4.79. The Bertz CT molecular complexity index is 932. The number of benzene rings is 1. The summed E-state index contributed by atoms with van der Waals surface area (Å²) < 4.78 is 11.3. The lowest BCUT2D eigenvalue weighted by Crippen LogP contribution is -2.38. The number of aromatic nitrogens is 1. The molecule has 2 unspecified atom stereocenters. The molecule has 166 valence electrons. The average Bonchev–Trinajstić information content (AvgIpc) is 3.00. The predicted octanol–water partition coefficient (Wildman–Crippen LogP) is 3.84. The normalized spacial score (nSPS) is 23.9. The Morgan fingerprint density at radius 2 is 2.03 bits per heavy atom. The van der Waals surface area contributed by atoms with Crippen LogP contribution in [0.25, 0.3) is 0 Å². The molecule has 0 radical (unpaired) electrons. The second kappa shape index (κ2) is 9.13. The molecule has 2 aliphatic heterocycles. The zero-order chi connectivity index (χ0) is 22.0. The molecule has 1 N–H and O–H groups in total. The van der Waals surface area contributed by atoms with Gasteiger partial charge in [-0.2, -0.15) is 0 Å². The quantitative estimate of drug-likeness (QED) is 0.631. The summed E-state index contributed by atoms with van der Waals surface area (Å²) in [6.45, 7) is 10.0. The van der Waals surface area contributed by atoms with Crippen LogP contribution < -0.4 is 15.0 Å². The number of nitrogens with zero attached hydrogens (tertiary/aromatic N) is 2. The van der Waals surface area contributed by atoms with Crippen molar-refractivity contribution in [2.45, 2.75) is 39.7 Å². The number of hydrogen-bond acceptors (Lipinski definition) is 5. The maximum atomic E-state index is 12.6. The fraction of sp³-hybridized carbons (Fsp3) is 0.500. The van der Waals surface area contributed by atoms with Gasteiger partial charge in [0.2, 0.25) is 11.8 Å². The summed E-state index contributed by atoms with van der Waals surface area (Å²) in [6.07, 6.45) is 1.24. The van der Waals surface area contributed by atoms with Gasteiger partial charge in [-0.3, -0.25) is 4.79 Å². The summed E-state index contributed by atoms with van der Waals surface area (Å²) in [7, 11) is 2.29. The Morgan fingerprint density at radius 3 is 2.68 bits per heavy atom. The molecule has 2 saturated heterocycles. The lowest BCUT2D eigenvalue weighted by Gasteiger charge is -2.34. The van der Waals surface area contributed by atoms with Crippen molar-refractivity contribution in [1.29, 1.82) is 0 Å². The number of rotatable bonds is 8. The van der Waals surface area contributed by atoms with Gasteiger partial charge in [0.05, 0.1) is 12.0 Å². The second-order valence-electron chi connectivity index (χ2n) is 8.92. The Kier molecular flexibility index (Phi) is 6.49. The minimum absolute atomic E-state index is 0.0765. The van der Waals surface area contributed by atoms with Gasteiger partial charge in [0, 0.05) is 52.5 Å². The number of aryl methyl sites for hydroxylation is 1. The molecule has 6 nitrogen and oxygen atoms in total. The van der Waals surface area contributed by atoms with Gasteiger partial charge in [0.25, 0.3) is 0 Å². The number of pyridine rings is 1. The van der Waals surface area contributed by atoms with E-state index in [0.29, 0.717) is 25.6 Å². The van der Waals surface area contributed by atoms with Crippen LogP contribution in [0.5, 0.6) is 5.88 Å². The van der Waals surface area contributed by atoms with Crippen molar-refractivity contribution in [2.24, 2.45) is 11.3 Å². The van der Waals surface area contributed by atoms with Crippen LogP contribution in [0, 0.1) is 18.3 Å². The SMILES string of the molecule is Cc1cc(N2CCC2)cc(OCc2ccc(C(C)[C@@]3(C)C(=O)NC[C@@H]3COP)cc2)n1. The van der Waals surface area contributed by atoms with Crippen molar-refractivity contribution in [1.82, 2.24) is 10.3 Å². The molecule has 4 rings (SSSR count). The third-order valence-electron chi connectivity index (χ3n) is 7.05. The molecule has 3 heterocycles. The molecular weight excluding hydrogens is 409 g/mol. The van der Waals surface area contributed by atoms with Gasteiger partial charge in [0.1, 0.15) is 6.61 Å². The van der Waals surface area contributed by atoms with Crippen molar-refractivity contribution in [3.63, 3.8) is 0 Å². The van der Waals surface area contributed by atoms with Gasteiger partial charge in [0.15, 0.2) is 0 Å². The van der Waals surface area contributed by atoms with Crippen LogP contribution in [0.1, 0.15) is 43.0 Å². The van der Waals surface area contributed by atoms with Gasteiger partial charge < -0.3 is 19.5 Å². The molecule has 1 aromatic heterocycles. The van der Waals surface area contributed by atoms with Crippen molar-refractivity contribution < 1.29 is 14.1 Å². The highest BCUT2D eigenvalue weighted by atomic mass is 31.0. The molecule has 31 heavy (non-hydrogen) atoms. The second-order valence-corrected chi connectivity index (χ2v) is 9.25. The summed E-state index contributed by atoms with van der Waals surface area (Å²) in [5.41, 5.74) is 3.88. The first kappa shape index (κ1) is 22.0. The van der Waals surface area contributed by atoms with Crippen LogP contribution in [0.2, 0.25) is 0 Å². The van der Waals surface area contributed by atoms with Gasteiger partial charge in [-0.15, -0.1) is 0 Å². The summed E-state index contributed by atoms with van der Waals surface area (Å²) in [5, 5.41) is 3.01. The lowest BCUT2D eigenvalue weighted by molar-refractivity contribution is -0.129. The molecule has 2 fully saturated rings. The molecule has 4 atom stereocenters. The zero-order valence-electron chi connectivity index (χ0n) is 18.6. The summed E-state index contributed by atoms with van der Waals surface area (Å²) in [5.74, 6) is 0.980. The number of ether oxygens (including phenoxy) is 1. The monoisotopic (exact) mass is 441 g/mol. The van der Waals surface area contributed by atoms with E-state index in [1.807, 2.05) is 19.9 Å². The molecule has 0 aliphatic carbocycles. The van der Waals surface area contributed by atoms with Gasteiger partial charge >= 0.3 is 0 Å². The maximum absolute atomic E-state index is 12.6. The average molecular weight is 442 g/mol. The van der Waals surface area contributed by atoms with E-state index in [4.69, 9.17) is 9.26 Å². The number of carbonyl (C=O) groups excluding carboxylic acids is 1. The zero-order valence-corrected chi connectivity index (χ0v) is 19.7. The molecular formula is C24H32N3O3P. The number of anilines is 1. The van der Waals surface area contributed by atoms with Crippen LogP contribution in [-0.4, -0.2) is 37.1 Å². The predicted molar refractivity (Wildman–Crippen MR) is 125 cm³/mol. The molecule has 1 aromatic carbocycles. The molecule has 0 spiro atoms. The van der Waals surface area contributed by atoms with Crippen LogP contribution in [0.4, 0.5) is 5.69 Å². The Morgan fingerprint density at radius 1 is 1.29 bits per heavy atom. The summed E-state index contributed by atoms with van der Waals surface area (Å²) in [6, 6.07) is 12.5. The Balaban J connectivity index is 1.43. The number of nitrogens with one attached hydrogen (secondary N) is 1. The van der Waals surface area contributed by atoms with Crippen LogP contribution in [0.15, 0.2) is 36.4 Å². The van der Waals surface area contributed by atoms with E-state index in [9.17, 15) is 4.79 Å². The first-order valence-corrected chi connectivity index (χ1v) is 11.4. The van der Waals surface area contributed by atoms with E-state index in [-0.39, 0.29) is 17.7 Å². The van der Waals surface area contributed by atoms with Crippen LogP contribution in [0.3, 0.4) is 0 Å². The van der Waals surface area contributed by atoms with Crippen LogP contribution >= 0.6 is 9.47 Å². The van der Waals surface area contributed by atoms with Crippen molar-refractivity contribution in [3.8, 4) is 5.88 Å². The standard InChI is InChI=1S/C24H32N3O3P/c1-16-11-21(27-9-4-10-27)12-22(26-16)29-14-18-5-7-19(8-6-18)17(2)24(3)20(15-30-31)13-25-23(24)28/h5-8,11-12,17,20H,4,9-10,13-15,31H2,1-3H3,(H,25,28)/t17?,20-,24-/m1/s1. The minimum atomic E-state index is -0.493. The molecule has 0 saturated carbocycles. The first-order valence-electron chi connectivity index (χ1n) is 11.0. The highest BCUT2D eigenvalue weighted by Gasteiger charge is 2.50. The highest BCUT2D eigenvalue weighted by Crippen LogP contribution is 2.45. The van der Waals surface area contributed by atoms with Crippen LogP contribution in [-0.2, 0) is 15.9 Å². The largest absolute Gasteiger partial charge is 0.473 e. The molecule has 2 aliphatic rings. The Hall–Kier alpha value is -2.17. The molecule has 0 bridgehead atoms. The smallest absolute Gasteiger partial charge is 0.226 e. The molecule has 7 heteroatoms. The summed E-state index contributed by atoms with van der Waals surface area (Å²) >= 11 is 0. The fourth-order valence-electron chi connectivity index (χ4n) is 4.56. The third kappa shape index (κ3) is 4.42. The van der Waals surface area contributed by atoms with E-state index in [0.717, 1.165) is 29.9 Å². The van der Waals surface area contributed by atoms with Crippen molar-refractivity contribution in [3.05, 3.63) is 53.2 Å². The number of hydrogen-bond donors (Lipinski definition) is 1. The first-order chi connectivity index (χ1) is 14.9. The van der Waals surface area contributed by atoms with Gasteiger partial charge in [-0.05, 0) is 43.4 Å². The lowest BCUT2D eigenvalue weighted by atomic mass is 9.68. The minimum Gasteiger partial charge on any atom is -0.473 e. The van der Waals surface area contributed by atoms with Gasteiger partial charge in [-0.1, -0.05) is 31.2 Å². The topological polar surface area (TPSA) is 63.7 Å². The van der Waals surface area contributed by atoms with E-state index >= 15 is 0 Å². The molecule has 2 aromatic rings. The third-order valence-corrected chi connectivity index (χ3v) is 7.24. The van der Waals surface area contributed by atoms with Crippen molar-refractivity contribution in [2.75, 3.05) is 31.1 Å². The maximum Gasteiger partial charge on any atom is 0.226 e. The van der Waals surface area contributed by atoms with E-state index in [1.54, 1.807) is 0 Å². The van der Waals surface area contributed by atoms with Gasteiger partial charge in [-0.25, -0.2) is 4.98 Å². The van der Waals surface area contributed by atoms with E-state index < -0.39 is 5.41 Å². The van der Waals surface area contributed by atoms with E-state index in [1.165, 1.54) is 12.1 Å². The Labute approximate surface area is 187 Å².